The summed E-state index contributed by atoms with van der Waals surface area (Å²) < 4.78 is 37.7. The van der Waals surface area contributed by atoms with E-state index in [9.17, 15) is 18.0 Å². The molecule has 0 spiro atoms. The molecule has 112 valence electrons. The molecule has 1 heterocycles. The molecule has 0 aliphatic carbocycles. The highest BCUT2D eigenvalue weighted by atomic mass is 19.4. The largest absolute Gasteiger partial charge is 0.478 e. The zero-order chi connectivity index (χ0) is 15.9. The number of nitrogens with one attached hydrogen (secondary N) is 1. The van der Waals surface area contributed by atoms with Gasteiger partial charge in [-0.05, 0) is 35.4 Å². The number of carboxylic acid groups (broad SMARTS) is 1. The summed E-state index contributed by atoms with van der Waals surface area (Å²) in [6, 6.07) is 9.84. The molecule has 2 aromatic carbocycles. The Morgan fingerprint density at radius 2 is 1.64 bits per heavy atom. The predicted octanol–water partition coefficient (Wildman–Crippen LogP) is 4.55. The lowest BCUT2D eigenvalue weighted by Crippen LogP contribution is -2.03. The molecular weight excluding hydrogens is 295 g/mol. The number of carbonyl (C=O) groups is 1. The van der Waals surface area contributed by atoms with Crippen LogP contribution in [0.3, 0.4) is 0 Å². The second-order valence-electron chi connectivity index (χ2n) is 4.84. The van der Waals surface area contributed by atoms with E-state index in [2.05, 4.69) is 4.98 Å². The molecule has 0 saturated carbocycles. The van der Waals surface area contributed by atoms with Crippen molar-refractivity contribution in [2.24, 2.45) is 0 Å². The van der Waals surface area contributed by atoms with Crippen molar-refractivity contribution < 1.29 is 23.1 Å². The van der Waals surface area contributed by atoms with Crippen molar-refractivity contribution in [3.8, 4) is 11.1 Å². The second kappa shape index (κ2) is 4.91. The third kappa shape index (κ3) is 2.43. The van der Waals surface area contributed by atoms with Gasteiger partial charge in [0.25, 0.3) is 0 Å². The van der Waals surface area contributed by atoms with Crippen LogP contribution < -0.4 is 0 Å². The van der Waals surface area contributed by atoms with E-state index in [-0.39, 0.29) is 5.56 Å². The molecule has 0 aliphatic rings. The van der Waals surface area contributed by atoms with E-state index in [1.165, 1.54) is 18.3 Å². The number of aromatic amines is 1. The average molecular weight is 305 g/mol. The lowest BCUT2D eigenvalue weighted by Gasteiger charge is -2.08. The van der Waals surface area contributed by atoms with Crippen LogP contribution in [0.2, 0.25) is 0 Å². The molecule has 0 amide bonds. The highest BCUT2D eigenvalue weighted by Crippen LogP contribution is 2.32. The molecule has 0 fully saturated rings. The molecule has 3 rings (SSSR count). The molecule has 3 aromatic rings. The van der Waals surface area contributed by atoms with Gasteiger partial charge in [0.05, 0.1) is 11.1 Å². The van der Waals surface area contributed by atoms with Crippen molar-refractivity contribution in [3.63, 3.8) is 0 Å². The maximum Gasteiger partial charge on any atom is 0.416 e. The van der Waals surface area contributed by atoms with Crippen LogP contribution in [0.15, 0.2) is 48.7 Å². The summed E-state index contributed by atoms with van der Waals surface area (Å²) in [5, 5.41) is 9.63. The number of hydrogen-bond donors (Lipinski definition) is 2. The van der Waals surface area contributed by atoms with E-state index in [1.54, 1.807) is 18.2 Å². The van der Waals surface area contributed by atoms with E-state index in [4.69, 9.17) is 5.11 Å². The first-order chi connectivity index (χ1) is 10.4. The summed E-state index contributed by atoms with van der Waals surface area (Å²) in [5.74, 6) is -1.06. The van der Waals surface area contributed by atoms with E-state index in [0.717, 1.165) is 12.1 Å². The Labute approximate surface area is 123 Å². The molecule has 1 aromatic heterocycles. The van der Waals surface area contributed by atoms with Crippen LogP contribution in [0.1, 0.15) is 15.9 Å². The summed E-state index contributed by atoms with van der Waals surface area (Å²) in [6.07, 6.45) is -2.98. The van der Waals surface area contributed by atoms with E-state index in [1.807, 2.05) is 0 Å². The maximum absolute atomic E-state index is 12.6. The van der Waals surface area contributed by atoms with E-state index < -0.39 is 17.7 Å². The number of H-pyrrole nitrogens is 1. The predicted molar refractivity (Wildman–Crippen MR) is 75.7 cm³/mol. The first-order valence-electron chi connectivity index (χ1n) is 6.38. The monoisotopic (exact) mass is 305 g/mol. The van der Waals surface area contributed by atoms with Gasteiger partial charge in [0, 0.05) is 17.1 Å². The topological polar surface area (TPSA) is 53.1 Å². The van der Waals surface area contributed by atoms with Gasteiger partial charge >= 0.3 is 12.1 Å². The molecule has 0 unspecified atom stereocenters. The van der Waals surface area contributed by atoms with Crippen LogP contribution in [-0.4, -0.2) is 16.1 Å². The third-order valence-corrected chi connectivity index (χ3v) is 3.46. The summed E-state index contributed by atoms with van der Waals surface area (Å²) in [5.41, 5.74) is 1.32. The van der Waals surface area contributed by atoms with Crippen molar-refractivity contribution in [1.82, 2.24) is 4.98 Å². The highest BCUT2D eigenvalue weighted by molar-refractivity contribution is 6.04. The standard InChI is InChI=1S/C16H10F3NO2/c17-16(18,19)11-4-1-9(2-5-11)10-3-6-14-12(7-10)13(8-20-14)15(21)22/h1-8,20H,(H,21,22). The minimum atomic E-state index is -4.38. The Kier molecular flexibility index (Phi) is 3.16. The first-order valence-corrected chi connectivity index (χ1v) is 6.38. The number of carboxylic acids is 1. The van der Waals surface area contributed by atoms with Crippen LogP contribution in [0.25, 0.3) is 22.0 Å². The molecule has 0 saturated heterocycles. The average Bonchev–Trinajstić information content (AvgIpc) is 2.89. The van der Waals surface area contributed by atoms with Crippen molar-refractivity contribution in [3.05, 3.63) is 59.8 Å². The number of aromatic nitrogens is 1. The van der Waals surface area contributed by atoms with Gasteiger partial charge < -0.3 is 10.1 Å². The molecule has 0 bridgehead atoms. The van der Waals surface area contributed by atoms with Crippen molar-refractivity contribution in [2.75, 3.05) is 0 Å². The second-order valence-corrected chi connectivity index (χ2v) is 4.84. The van der Waals surface area contributed by atoms with Crippen LogP contribution in [0, 0.1) is 0 Å². The van der Waals surface area contributed by atoms with Gasteiger partial charge in [-0.1, -0.05) is 18.2 Å². The molecule has 2 N–H and O–H groups in total. The number of benzene rings is 2. The Morgan fingerprint density at radius 1 is 1.00 bits per heavy atom. The van der Waals surface area contributed by atoms with Gasteiger partial charge in [-0.15, -0.1) is 0 Å². The molecule has 22 heavy (non-hydrogen) atoms. The Morgan fingerprint density at radius 3 is 2.23 bits per heavy atom. The first kappa shape index (κ1) is 14.2. The molecular formula is C16H10F3NO2. The molecule has 6 heteroatoms. The van der Waals surface area contributed by atoms with E-state index in [0.29, 0.717) is 22.0 Å². The van der Waals surface area contributed by atoms with E-state index >= 15 is 0 Å². The normalized spacial score (nSPS) is 11.8. The Hall–Kier alpha value is -2.76. The zero-order valence-electron chi connectivity index (χ0n) is 11.1. The van der Waals surface area contributed by atoms with Gasteiger partial charge in [0.1, 0.15) is 0 Å². The van der Waals surface area contributed by atoms with Crippen LogP contribution >= 0.6 is 0 Å². The number of alkyl halides is 3. The summed E-state index contributed by atoms with van der Waals surface area (Å²) in [6.45, 7) is 0. The summed E-state index contributed by atoms with van der Waals surface area (Å²) >= 11 is 0. The number of aromatic carboxylic acids is 1. The molecule has 0 aliphatic heterocycles. The SMILES string of the molecule is O=C(O)c1c[nH]c2ccc(-c3ccc(C(F)(F)F)cc3)cc12. The molecule has 0 radical (unpaired) electrons. The van der Waals surface area contributed by atoms with Gasteiger partial charge in [0.2, 0.25) is 0 Å². The number of fused-ring (bicyclic) bond motifs is 1. The zero-order valence-corrected chi connectivity index (χ0v) is 11.1. The van der Waals surface area contributed by atoms with Crippen LogP contribution in [0.5, 0.6) is 0 Å². The number of halogens is 3. The van der Waals surface area contributed by atoms with Crippen molar-refractivity contribution in [1.29, 1.82) is 0 Å². The lowest BCUT2D eigenvalue weighted by molar-refractivity contribution is -0.137. The van der Waals surface area contributed by atoms with Gasteiger partial charge in [-0.2, -0.15) is 13.2 Å². The fourth-order valence-corrected chi connectivity index (χ4v) is 2.33. The quantitative estimate of drug-likeness (QED) is 0.729. The third-order valence-electron chi connectivity index (χ3n) is 3.46. The molecule has 3 nitrogen and oxygen atoms in total. The number of hydrogen-bond acceptors (Lipinski definition) is 1. The smallest absolute Gasteiger partial charge is 0.416 e. The summed E-state index contributed by atoms with van der Waals surface area (Å²) in [4.78, 5) is 14.0. The summed E-state index contributed by atoms with van der Waals surface area (Å²) in [7, 11) is 0. The van der Waals surface area contributed by atoms with Gasteiger partial charge in [-0.3, -0.25) is 0 Å². The van der Waals surface area contributed by atoms with Gasteiger partial charge in [0.15, 0.2) is 0 Å². The minimum Gasteiger partial charge on any atom is -0.478 e. The highest BCUT2D eigenvalue weighted by Gasteiger charge is 2.29. The fourth-order valence-electron chi connectivity index (χ4n) is 2.33. The van der Waals surface area contributed by atoms with Gasteiger partial charge in [-0.25, -0.2) is 4.79 Å². The molecule has 0 atom stereocenters. The maximum atomic E-state index is 12.6. The van der Waals surface area contributed by atoms with Crippen molar-refractivity contribution in [2.45, 2.75) is 6.18 Å². The van der Waals surface area contributed by atoms with Crippen LogP contribution in [-0.2, 0) is 6.18 Å². The fraction of sp³-hybridized carbons (Fsp3) is 0.0625. The van der Waals surface area contributed by atoms with Crippen molar-refractivity contribution >= 4 is 16.9 Å². The van der Waals surface area contributed by atoms with Crippen LogP contribution in [0.4, 0.5) is 13.2 Å². The number of rotatable bonds is 2. The Bertz CT molecular complexity index is 848. The lowest BCUT2D eigenvalue weighted by atomic mass is 10.0. The minimum absolute atomic E-state index is 0.128. The Balaban J connectivity index is 2.06.